The molecule has 1 nitrogen and oxygen atoms in total. The second-order valence-corrected chi connectivity index (χ2v) is 5.83. The molecule has 126 valence electrons. The van der Waals surface area contributed by atoms with E-state index in [0.29, 0.717) is 25.7 Å². The van der Waals surface area contributed by atoms with Gasteiger partial charge in [-0.3, -0.25) is 0 Å². The van der Waals surface area contributed by atoms with Crippen LogP contribution < -0.4 is 0 Å². The highest BCUT2D eigenvalue weighted by atomic mass is 19.4. The van der Waals surface area contributed by atoms with Crippen LogP contribution in [0.3, 0.4) is 0 Å². The monoisotopic (exact) mass is 320 g/mol. The van der Waals surface area contributed by atoms with Gasteiger partial charge in [0.05, 0.1) is 12.7 Å². The van der Waals surface area contributed by atoms with Gasteiger partial charge in [-0.2, -0.15) is 26.3 Å². The third kappa shape index (κ3) is 3.85. The number of halogens is 6. The van der Waals surface area contributed by atoms with Gasteiger partial charge in [-0.15, -0.1) is 0 Å². The summed E-state index contributed by atoms with van der Waals surface area (Å²) in [6.45, 7) is 1.81. The van der Waals surface area contributed by atoms with E-state index >= 15 is 0 Å². The van der Waals surface area contributed by atoms with Crippen LogP contribution in [0, 0.1) is 11.3 Å². The molecule has 7 heteroatoms. The lowest BCUT2D eigenvalue weighted by molar-refractivity contribution is -0.373. The van der Waals surface area contributed by atoms with Crippen molar-refractivity contribution in [1.82, 2.24) is 0 Å². The van der Waals surface area contributed by atoms with Crippen molar-refractivity contribution in [1.29, 1.82) is 0 Å². The second kappa shape index (κ2) is 6.75. The molecule has 0 N–H and O–H groups in total. The quantitative estimate of drug-likeness (QED) is 0.608. The summed E-state index contributed by atoms with van der Waals surface area (Å²) in [5.41, 5.74) is -3.75. The van der Waals surface area contributed by atoms with Crippen molar-refractivity contribution in [3.8, 4) is 0 Å². The van der Waals surface area contributed by atoms with E-state index in [-0.39, 0.29) is 12.8 Å². The van der Waals surface area contributed by atoms with Gasteiger partial charge >= 0.3 is 12.4 Å². The number of alkyl halides is 6. The van der Waals surface area contributed by atoms with Crippen LogP contribution in [0.25, 0.3) is 0 Å². The Balaban J connectivity index is 3.15. The average Bonchev–Trinajstić information content (AvgIpc) is 2.37. The van der Waals surface area contributed by atoms with Gasteiger partial charge in [-0.25, -0.2) is 0 Å². The van der Waals surface area contributed by atoms with Gasteiger partial charge in [0.1, 0.15) is 0 Å². The van der Waals surface area contributed by atoms with Crippen molar-refractivity contribution in [2.75, 3.05) is 6.61 Å². The molecular weight excluding hydrogens is 298 g/mol. The van der Waals surface area contributed by atoms with E-state index in [1.54, 1.807) is 6.92 Å². The molecular formula is C14H22F6O. The van der Waals surface area contributed by atoms with E-state index in [4.69, 9.17) is 4.74 Å². The normalized spacial score (nSPS) is 20.6. The summed E-state index contributed by atoms with van der Waals surface area (Å²) < 4.78 is 85.4. The summed E-state index contributed by atoms with van der Waals surface area (Å²) in [7, 11) is 0. The van der Waals surface area contributed by atoms with Gasteiger partial charge in [0.15, 0.2) is 5.41 Å². The molecule has 0 aromatic carbocycles. The van der Waals surface area contributed by atoms with Gasteiger partial charge in [-0.05, 0) is 32.1 Å². The first-order valence-corrected chi connectivity index (χ1v) is 7.31. The summed E-state index contributed by atoms with van der Waals surface area (Å²) in [5.74, 6) is -1.45. The Hall–Kier alpha value is -0.460. The molecule has 0 heterocycles. The molecule has 0 saturated heterocycles. The Morgan fingerprint density at radius 2 is 1.43 bits per heavy atom. The van der Waals surface area contributed by atoms with Crippen molar-refractivity contribution < 1.29 is 31.1 Å². The lowest BCUT2D eigenvalue weighted by atomic mass is 9.68. The van der Waals surface area contributed by atoms with E-state index in [9.17, 15) is 26.3 Å². The molecule has 1 fully saturated rings. The first kappa shape index (κ1) is 18.6. The first-order valence-electron chi connectivity index (χ1n) is 7.31. The molecule has 0 aromatic rings. The molecule has 1 saturated carbocycles. The fraction of sp³-hybridized carbons (Fsp3) is 1.00. The summed E-state index contributed by atoms with van der Waals surface area (Å²) in [5, 5.41) is 0. The van der Waals surface area contributed by atoms with E-state index in [1.165, 1.54) is 6.92 Å². The Morgan fingerprint density at radius 3 is 1.81 bits per heavy atom. The molecule has 21 heavy (non-hydrogen) atoms. The molecule has 0 amide bonds. The Bertz CT molecular complexity index is 302. The largest absolute Gasteiger partial charge is 0.405 e. The minimum absolute atomic E-state index is 0.0527. The van der Waals surface area contributed by atoms with Crippen LogP contribution in [0.5, 0.6) is 0 Å². The molecule has 0 bridgehead atoms. The zero-order chi connectivity index (χ0) is 16.3. The zero-order valence-electron chi connectivity index (χ0n) is 12.3. The van der Waals surface area contributed by atoms with Gasteiger partial charge in [0.2, 0.25) is 0 Å². The van der Waals surface area contributed by atoms with Gasteiger partial charge in [0.25, 0.3) is 0 Å². The van der Waals surface area contributed by atoms with Gasteiger partial charge in [0, 0.05) is 0 Å². The van der Waals surface area contributed by atoms with Crippen LogP contribution in [0.1, 0.15) is 52.4 Å². The molecule has 1 aliphatic rings. The van der Waals surface area contributed by atoms with Crippen LogP contribution in [-0.4, -0.2) is 25.1 Å². The maximum atomic E-state index is 13.4. The minimum atomic E-state index is -5.36. The Kier molecular flexibility index (Phi) is 5.98. The summed E-state index contributed by atoms with van der Waals surface area (Å²) in [4.78, 5) is 0. The van der Waals surface area contributed by atoms with Crippen LogP contribution in [-0.2, 0) is 4.74 Å². The predicted octanol–water partition coefficient (Wildman–Crippen LogP) is 5.49. The van der Waals surface area contributed by atoms with E-state index in [1.807, 2.05) is 0 Å². The maximum absolute atomic E-state index is 13.4. The average molecular weight is 320 g/mol. The van der Waals surface area contributed by atoms with E-state index < -0.39 is 36.4 Å². The highest BCUT2D eigenvalue weighted by Gasteiger charge is 2.73. The third-order valence-corrected chi connectivity index (χ3v) is 4.48. The van der Waals surface area contributed by atoms with Crippen LogP contribution in [0.4, 0.5) is 26.3 Å². The minimum Gasteiger partial charge on any atom is -0.377 e. The van der Waals surface area contributed by atoms with Crippen molar-refractivity contribution in [2.45, 2.75) is 70.8 Å². The summed E-state index contributed by atoms with van der Waals surface area (Å²) in [6, 6.07) is 0. The molecule has 1 rings (SSSR count). The van der Waals surface area contributed by atoms with Crippen LogP contribution in [0.15, 0.2) is 0 Å². The zero-order valence-corrected chi connectivity index (χ0v) is 12.3. The third-order valence-electron chi connectivity index (χ3n) is 4.48. The SMILES string of the molecule is CCC(C)OCC(C1CCCCC1)(C(F)(F)F)C(F)(F)F. The molecule has 0 radical (unpaired) electrons. The number of ether oxygens (including phenoxy) is 1. The number of rotatable bonds is 5. The Labute approximate surface area is 121 Å². The standard InChI is InChI=1S/C14H22F6O/c1-3-10(2)21-9-12(13(15,16)17,14(18,19)20)11-7-5-4-6-8-11/h10-11H,3-9H2,1-2H3. The lowest BCUT2D eigenvalue weighted by Gasteiger charge is -2.44. The molecule has 0 spiro atoms. The lowest BCUT2D eigenvalue weighted by Crippen LogP contribution is -2.58. The second-order valence-electron chi connectivity index (χ2n) is 5.83. The molecule has 1 aliphatic carbocycles. The van der Waals surface area contributed by atoms with Gasteiger partial charge in [-0.1, -0.05) is 26.2 Å². The topological polar surface area (TPSA) is 9.23 Å². The van der Waals surface area contributed by atoms with E-state index in [2.05, 4.69) is 0 Å². The first-order chi connectivity index (χ1) is 9.56. The summed E-state index contributed by atoms with van der Waals surface area (Å²) >= 11 is 0. The van der Waals surface area contributed by atoms with Crippen molar-refractivity contribution in [3.05, 3.63) is 0 Å². The number of hydrogen-bond acceptors (Lipinski definition) is 1. The highest BCUT2D eigenvalue weighted by molar-refractivity contribution is 4.99. The highest BCUT2D eigenvalue weighted by Crippen LogP contribution is 2.58. The van der Waals surface area contributed by atoms with Crippen molar-refractivity contribution in [2.24, 2.45) is 11.3 Å². The molecule has 0 aromatic heterocycles. The van der Waals surface area contributed by atoms with E-state index in [0.717, 1.165) is 0 Å². The van der Waals surface area contributed by atoms with Crippen LogP contribution in [0.2, 0.25) is 0 Å². The molecule has 1 atom stereocenters. The fourth-order valence-corrected chi connectivity index (χ4v) is 2.89. The van der Waals surface area contributed by atoms with Gasteiger partial charge < -0.3 is 4.74 Å². The summed E-state index contributed by atoms with van der Waals surface area (Å²) in [6.07, 6.45) is -9.58. The molecule has 1 unspecified atom stereocenters. The Morgan fingerprint density at radius 1 is 0.952 bits per heavy atom. The maximum Gasteiger partial charge on any atom is 0.405 e. The van der Waals surface area contributed by atoms with Crippen LogP contribution >= 0.6 is 0 Å². The predicted molar refractivity (Wildman–Crippen MR) is 66.8 cm³/mol. The van der Waals surface area contributed by atoms with Crippen molar-refractivity contribution in [3.63, 3.8) is 0 Å². The molecule has 0 aliphatic heterocycles. The van der Waals surface area contributed by atoms with Crippen molar-refractivity contribution >= 4 is 0 Å². The number of hydrogen-bond donors (Lipinski definition) is 0. The smallest absolute Gasteiger partial charge is 0.377 e. The fourth-order valence-electron chi connectivity index (χ4n) is 2.89.